The summed E-state index contributed by atoms with van der Waals surface area (Å²) in [5, 5.41) is 10.9. The predicted molar refractivity (Wildman–Crippen MR) is 83.3 cm³/mol. The number of aromatic nitrogens is 4. The van der Waals surface area contributed by atoms with Crippen molar-refractivity contribution < 1.29 is 4.74 Å². The van der Waals surface area contributed by atoms with Crippen molar-refractivity contribution in [2.24, 2.45) is 0 Å². The highest BCUT2D eigenvalue weighted by Crippen LogP contribution is 2.42. The lowest BCUT2D eigenvalue weighted by atomic mass is 10.1. The number of benzene rings is 1. The summed E-state index contributed by atoms with van der Waals surface area (Å²) >= 11 is 1.60. The predicted octanol–water partition coefficient (Wildman–Crippen LogP) is 3.46. The van der Waals surface area contributed by atoms with Gasteiger partial charge in [-0.25, -0.2) is 0 Å². The summed E-state index contributed by atoms with van der Waals surface area (Å²) in [4.78, 5) is 3.31. The number of H-pyrrole nitrogens is 1. The number of thioether (sulfide) groups is 1. The molecule has 0 aliphatic heterocycles. The number of para-hydroxylation sites is 1. The Balaban J connectivity index is 1.82. The van der Waals surface area contributed by atoms with Crippen LogP contribution in [0, 0.1) is 0 Å². The molecule has 2 aromatic heterocycles. The second kappa shape index (κ2) is 5.20. The Kier molecular flexibility index (Phi) is 3.20. The van der Waals surface area contributed by atoms with Gasteiger partial charge in [-0.3, -0.25) is 4.57 Å². The quantitative estimate of drug-likeness (QED) is 0.579. The molecule has 1 aromatic carbocycles. The molecule has 1 saturated carbocycles. The van der Waals surface area contributed by atoms with Crippen LogP contribution in [-0.4, -0.2) is 32.8 Å². The van der Waals surface area contributed by atoms with Crippen LogP contribution in [0.4, 0.5) is 0 Å². The number of hydrogen-bond acceptors (Lipinski definition) is 4. The summed E-state index contributed by atoms with van der Waals surface area (Å²) in [6, 6.07) is 8.82. The zero-order valence-electron chi connectivity index (χ0n) is 11.7. The molecule has 2 heterocycles. The Morgan fingerprint density at radius 1 is 1.33 bits per heavy atom. The van der Waals surface area contributed by atoms with E-state index in [-0.39, 0.29) is 0 Å². The molecule has 0 spiro atoms. The Bertz CT molecular complexity index is 775. The molecule has 4 rings (SSSR count). The lowest BCUT2D eigenvalue weighted by Gasteiger charge is -2.07. The minimum atomic E-state index is 0.531. The molecule has 21 heavy (non-hydrogen) atoms. The van der Waals surface area contributed by atoms with E-state index in [9.17, 15) is 0 Å². The smallest absolute Gasteiger partial charge is 0.194 e. The van der Waals surface area contributed by atoms with Crippen molar-refractivity contribution in [2.45, 2.75) is 24.0 Å². The number of nitrogens with one attached hydrogen (secondary N) is 1. The van der Waals surface area contributed by atoms with Crippen LogP contribution in [0.2, 0.25) is 0 Å². The van der Waals surface area contributed by atoms with E-state index in [1.807, 2.05) is 12.3 Å². The highest BCUT2D eigenvalue weighted by atomic mass is 32.2. The van der Waals surface area contributed by atoms with Crippen LogP contribution in [0.5, 0.6) is 0 Å². The minimum Gasteiger partial charge on any atom is -0.374 e. The van der Waals surface area contributed by atoms with Gasteiger partial charge in [0.15, 0.2) is 11.0 Å². The van der Waals surface area contributed by atoms with Crippen molar-refractivity contribution in [1.29, 1.82) is 0 Å². The SMILES string of the molecule is COCSc1nnc(-c2c[nH]c3ccccc23)n1C1CC1. The molecule has 0 saturated heterocycles. The third-order valence-corrected chi connectivity index (χ3v) is 4.60. The second-order valence-electron chi connectivity index (χ2n) is 5.21. The molecule has 0 radical (unpaired) electrons. The van der Waals surface area contributed by atoms with E-state index >= 15 is 0 Å². The van der Waals surface area contributed by atoms with Gasteiger partial charge in [-0.2, -0.15) is 0 Å². The number of nitrogens with zero attached hydrogens (tertiary/aromatic N) is 3. The molecule has 6 heteroatoms. The third kappa shape index (κ3) is 2.24. The van der Waals surface area contributed by atoms with Crippen molar-refractivity contribution in [3.8, 4) is 11.4 Å². The number of ether oxygens (including phenoxy) is 1. The molecular formula is C15H16N4OS. The molecule has 1 aliphatic carbocycles. The van der Waals surface area contributed by atoms with E-state index in [4.69, 9.17) is 4.74 Å². The van der Waals surface area contributed by atoms with Crippen molar-refractivity contribution in [1.82, 2.24) is 19.7 Å². The monoisotopic (exact) mass is 300 g/mol. The van der Waals surface area contributed by atoms with Crippen LogP contribution in [0.3, 0.4) is 0 Å². The Hall–Kier alpha value is -1.79. The summed E-state index contributed by atoms with van der Waals surface area (Å²) in [5.74, 6) is 1.55. The van der Waals surface area contributed by atoms with Crippen LogP contribution in [-0.2, 0) is 4.74 Å². The van der Waals surface area contributed by atoms with Crippen molar-refractivity contribution in [3.63, 3.8) is 0 Å². The summed E-state index contributed by atoms with van der Waals surface area (Å²) in [5.41, 5.74) is 2.25. The van der Waals surface area contributed by atoms with E-state index in [2.05, 4.69) is 37.9 Å². The van der Waals surface area contributed by atoms with Crippen LogP contribution in [0.15, 0.2) is 35.6 Å². The van der Waals surface area contributed by atoms with E-state index in [1.165, 1.54) is 18.2 Å². The van der Waals surface area contributed by atoms with E-state index in [0.717, 1.165) is 22.1 Å². The maximum atomic E-state index is 5.15. The van der Waals surface area contributed by atoms with Gasteiger partial charge < -0.3 is 9.72 Å². The van der Waals surface area contributed by atoms with E-state index < -0.39 is 0 Å². The van der Waals surface area contributed by atoms with Crippen molar-refractivity contribution >= 4 is 22.7 Å². The summed E-state index contributed by atoms with van der Waals surface area (Å²) < 4.78 is 7.41. The number of rotatable bonds is 5. The molecular weight excluding hydrogens is 284 g/mol. The van der Waals surface area contributed by atoms with Gasteiger partial charge in [0.25, 0.3) is 0 Å². The average molecular weight is 300 g/mol. The molecule has 0 amide bonds. The second-order valence-corrected chi connectivity index (χ2v) is 6.10. The van der Waals surface area contributed by atoms with E-state index in [0.29, 0.717) is 12.0 Å². The van der Waals surface area contributed by atoms with Crippen LogP contribution in [0.1, 0.15) is 18.9 Å². The van der Waals surface area contributed by atoms with Gasteiger partial charge in [-0.05, 0) is 18.9 Å². The molecule has 1 aliphatic rings. The Morgan fingerprint density at radius 2 is 2.19 bits per heavy atom. The lowest BCUT2D eigenvalue weighted by Crippen LogP contribution is -2.00. The summed E-state index contributed by atoms with van der Waals surface area (Å²) in [6.07, 6.45) is 4.43. The number of hydrogen-bond donors (Lipinski definition) is 1. The first-order chi connectivity index (χ1) is 10.4. The molecule has 108 valence electrons. The first-order valence-electron chi connectivity index (χ1n) is 7.01. The Labute approximate surface area is 126 Å². The topological polar surface area (TPSA) is 55.7 Å². The maximum absolute atomic E-state index is 5.15. The molecule has 0 bridgehead atoms. The largest absolute Gasteiger partial charge is 0.374 e. The van der Waals surface area contributed by atoms with Gasteiger partial charge in [0.1, 0.15) is 0 Å². The number of aromatic amines is 1. The highest BCUT2D eigenvalue weighted by molar-refractivity contribution is 7.99. The summed E-state index contributed by atoms with van der Waals surface area (Å²) in [7, 11) is 1.70. The van der Waals surface area contributed by atoms with Gasteiger partial charge in [-0.1, -0.05) is 30.0 Å². The fourth-order valence-electron chi connectivity index (χ4n) is 2.59. The number of methoxy groups -OCH3 is 1. The van der Waals surface area contributed by atoms with Gasteiger partial charge in [0, 0.05) is 35.8 Å². The highest BCUT2D eigenvalue weighted by Gasteiger charge is 2.30. The fourth-order valence-corrected chi connectivity index (χ4v) is 3.29. The van der Waals surface area contributed by atoms with Gasteiger partial charge in [0.2, 0.25) is 0 Å². The van der Waals surface area contributed by atoms with Crippen molar-refractivity contribution in [3.05, 3.63) is 30.5 Å². The fraction of sp³-hybridized carbons (Fsp3) is 0.333. The average Bonchev–Trinajstić information content (AvgIpc) is 3.13. The number of fused-ring (bicyclic) bond motifs is 1. The molecule has 1 N–H and O–H groups in total. The molecule has 0 atom stereocenters. The van der Waals surface area contributed by atoms with Gasteiger partial charge in [0.05, 0.1) is 5.94 Å². The third-order valence-electron chi connectivity index (χ3n) is 3.71. The maximum Gasteiger partial charge on any atom is 0.194 e. The molecule has 3 aromatic rings. The standard InChI is InChI=1S/C15H16N4OS/c1-20-9-21-15-18-17-14(19(15)10-6-7-10)12-8-16-13-5-3-2-4-11(12)13/h2-5,8,10,16H,6-7,9H2,1H3. The first kappa shape index (κ1) is 12.9. The van der Waals surface area contributed by atoms with Crippen LogP contribution in [0.25, 0.3) is 22.3 Å². The molecule has 0 unspecified atom stereocenters. The lowest BCUT2D eigenvalue weighted by molar-refractivity contribution is 0.258. The van der Waals surface area contributed by atoms with Gasteiger partial charge >= 0.3 is 0 Å². The molecule has 5 nitrogen and oxygen atoms in total. The zero-order chi connectivity index (χ0) is 14.2. The van der Waals surface area contributed by atoms with Gasteiger partial charge in [-0.15, -0.1) is 10.2 Å². The molecule has 1 fully saturated rings. The minimum absolute atomic E-state index is 0.531. The first-order valence-corrected chi connectivity index (χ1v) is 8.00. The van der Waals surface area contributed by atoms with E-state index in [1.54, 1.807) is 18.9 Å². The van der Waals surface area contributed by atoms with Crippen molar-refractivity contribution in [2.75, 3.05) is 13.0 Å². The summed E-state index contributed by atoms with van der Waals surface area (Å²) in [6.45, 7) is 0. The normalized spacial score (nSPS) is 14.9. The van der Waals surface area contributed by atoms with Crippen LogP contribution >= 0.6 is 11.8 Å². The van der Waals surface area contributed by atoms with Crippen LogP contribution < -0.4 is 0 Å². The zero-order valence-corrected chi connectivity index (χ0v) is 12.6. The Morgan fingerprint density at radius 3 is 3.00 bits per heavy atom.